The monoisotopic (exact) mass is 370 g/mol. The largest absolute Gasteiger partial charge is 0.472 e. The van der Waals surface area contributed by atoms with Crippen LogP contribution < -0.4 is 5.32 Å². The number of furan rings is 1. The summed E-state index contributed by atoms with van der Waals surface area (Å²) < 4.78 is 10.3. The summed E-state index contributed by atoms with van der Waals surface area (Å²) in [4.78, 5) is 24.3. The van der Waals surface area contributed by atoms with E-state index < -0.39 is 11.7 Å². The number of oxime groups is 1. The van der Waals surface area contributed by atoms with Crippen LogP contribution in [0.3, 0.4) is 0 Å². The molecule has 0 bridgehead atoms. The second-order valence-corrected chi connectivity index (χ2v) is 6.83. The smallest absolute Gasteiger partial charge is 0.407 e. The van der Waals surface area contributed by atoms with Gasteiger partial charge in [0.25, 0.3) is 0 Å². The molecule has 0 fully saturated rings. The average molecular weight is 370 g/mol. The summed E-state index contributed by atoms with van der Waals surface area (Å²) in [6.45, 7) is 5.96. The first-order chi connectivity index (χ1) is 12.9. The van der Waals surface area contributed by atoms with Crippen molar-refractivity contribution in [3.8, 4) is 11.3 Å². The number of alkyl carbamates (subject to hydrolysis) is 1. The van der Waals surface area contributed by atoms with E-state index in [2.05, 4.69) is 20.4 Å². The van der Waals surface area contributed by atoms with Gasteiger partial charge in [-0.15, -0.1) is 0 Å². The van der Waals surface area contributed by atoms with Gasteiger partial charge in [-0.3, -0.25) is 4.98 Å². The molecular formula is C19H22N4O4. The molecule has 27 heavy (non-hydrogen) atoms. The van der Waals surface area contributed by atoms with Gasteiger partial charge in [-0.2, -0.15) is 0 Å². The van der Waals surface area contributed by atoms with Crippen molar-refractivity contribution in [3.63, 3.8) is 0 Å². The Balaban J connectivity index is 1.55. The van der Waals surface area contributed by atoms with Gasteiger partial charge in [0, 0.05) is 28.9 Å². The number of fused-ring (bicyclic) bond motifs is 1. The van der Waals surface area contributed by atoms with Crippen LogP contribution in [0.25, 0.3) is 22.2 Å². The lowest BCUT2D eigenvalue weighted by Gasteiger charge is -2.19. The van der Waals surface area contributed by atoms with E-state index in [4.69, 9.17) is 14.0 Å². The molecule has 3 aromatic rings. The zero-order valence-corrected chi connectivity index (χ0v) is 15.5. The molecular weight excluding hydrogens is 348 g/mol. The van der Waals surface area contributed by atoms with Crippen LogP contribution in [0, 0.1) is 0 Å². The van der Waals surface area contributed by atoms with E-state index in [-0.39, 0.29) is 6.61 Å². The number of nitrogens with one attached hydrogen (secondary N) is 2. The highest BCUT2D eigenvalue weighted by Gasteiger charge is 2.15. The minimum absolute atomic E-state index is 0.236. The number of aromatic nitrogens is 2. The van der Waals surface area contributed by atoms with E-state index >= 15 is 0 Å². The lowest BCUT2D eigenvalue weighted by molar-refractivity contribution is 0.0502. The molecule has 0 aliphatic heterocycles. The fraction of sp³-hybridized carbons (Fsp3) is 0.316. The number of nitrogens with zero attached hydrogens (tertiary/aromatic N) is 2. The first-order valence-corrected chi connectivity index (χ1v) is 8.55. The van der Waals surface area contributed by atoms with Crippen LogP contribution in [-0.2, 0) is 9.57 Å². The maximum absolute atomic E-state index is 11.5. The van der Waals surface area contributed by atoms with Crippen LogP contribution in [0.15, 0.2) is 46.6 Å². The molecule has 2 N–H and O–H groups in total. The van der Waals surface area contributed by atoms with Crippen LogP contribution >= 0.6 is 0 Å². The highest BCUT2D eigenvalue weighted by atomic mass is 16.6. The number of amides is 1. The van der Waals surface area contributed by atoms with Gasteiger partial charge in [0.2, 0.25) is 0 Å². The molecule has 3 aromatic heterocycles. The molecule has 0 aliphatic rings. The van der Waals surface area contributed by atoms with Gasteiger partial charge in [0.1, 0.15) is 12.2 Å². The number of H-pyrrole nitrogens is 1. The molecule has 0 saturated heterocycles. The third-order valence-electron chi connectivity index (χ3n) is 3.56. The number of hydrogen-bond donors (Lipinski definition) is 2. The van der Waals surface area contributed by atoms with E-state index in [1.54, 1.807) is 24.9 Å². The zero-order valence-electron chi connectivity index (χ0n) is 15.5. The molecule has 0 saturated carbocycles. The van der Waals surface area contributed by atoms with Gasteiger partial charge in [-0.25, -0.2) is 4.79 Å². The van der Waals surface area contributed by atoms with Gasteiger partial charge in [-0.05, 0) is 32.9 Å². The number of pyridine rings is 1. The van der Waals surface area contributed by atoms with E-state index in [1.165, 1.54) is 0 Å². The molecule has 0 aliphatic carbocycles. The summed E-state index contributed by atoms with van der Waals surface area (Å²) in [5.74, 6) is 0. The van der Waals surface area contributed by atoms with Gasteiger partial charge >= 0.3 is 6.09 Å². The predicted molar refractivity (Wildman–Crippen MR) is 102 cm³/mol. The second kappa shape index (κ2) is 7.94. The predicted octanol–water partition coefficient (Wildman–Crippen LogP) is 3.70. The van der Waals surface area contributed by atoms with Crippen LogP contribution in [0.1, 0.15) is 26.3 Å². The number of hydrogen-bond acceptors (Lipinski definition) is 6. The van der Waals surface area contributed by atoms with E-state index in [1.807, 2.05) is 39.1 Å². The van der Waals surface area contributed by atoms with E-state index in [9.17, 15) is 4.79 Å². The molecule has 0 radical (unpaired) electrons. The van der Waals surface area contributed by atoms with Crippen LogP contribution in [0.4, 0.5) is 4.79 Å². The quantitative estimate of drug-likeness (QED) is 0.391. The van der Waals surface area contributed by atoms with Crippen molar-refractivity contribution in [2.24, 2.45) is 5.16 Å². The summed E-state index contributed by atoms with van der Waals surface area (Å²) >= 11 is 0. The normalized spacial score (nSPS) is 11.8. The van der Waals surface area contributed by atoms with Gasteiger partial charge in [-0.1, -0.05) is 5.16 Å². The fourth-order valence-electron chi connectivity index (χ4n) is 2.46. The maximum atomic E-state index is 11.5. The average Bonchev–Trinajstić information content (AvgIpc) is 3.26. The molecule has 0 spiro atoms. The first-order valence-electron chi connectivity index (χ1n) is 8.55. The molecule has 8 heteroatoms. The molecule has 0 aromatic carbocycles. The number of rotatable bonds is 6. The molecule has 3 rings (SSSR count). The fourth-order valence-corrected chi connectivity index (χ4v) is 2.46. The summed E-state index contributed by atoms with van der Waals surface area (Å²) in [6, 6.07) is 3.76. The SMILES string of the molecule is CC(C)(C)OC(=O)NCCON=Cc1c[nH]c2c(-c3ccoc3)nccc12. The first kappa shape index (κ1) is 18.5. The Morgan fingerprint density at radius 1 is 1.41 bits per heavy atom. The molecule has 8 nitrogen and oxygen atoms in total. The number of aromatic amines is 1. The Hall–Kier alpha value is -3.29. The number of ether oxygens (including phenoxy) is 1. The Labute approximate surface area is 156 Å². The van der Waals surface area contributed by atoms with Crippen molar-refractivity contribution in [2.75, 3.05) is 13.2 Å². The third-order valence-corrected chi connectivity index (χ3v) is 3.56. The Bertz CT molecular complexity index is 923. The third kappa shape index (κ3) is 4.87. The summed E-state index contributed by atoms with van der Waals surface area (Å²) in [6.07, 6.45) is 7.97. The summed E-state index contributed by atoms with van der Waals surface area (Å²) in [7, 11) is 0. The molecule has 0 atom stereocenters. The van der Waals surface area contributed by atoms with Crippen molar-refractivity contribution in [3.05, 3.63) is 42.6 Å². The van der Waals surface area contributed by atoms with E-state index in [0.29, 0.717) is 6.54 Å². The Morgan fingerprint density at radius 2 is 2.26 bits per heavy atom. The number of carbonyl (C=O) groups excluding carboxylic acids is 1. The van der Waals surface area contributed by atoms with Crippen molar-refractivity contribution < 1.29 is 18.8 Å². The Kier molecular flexibility index (Phi) is 5.44. The van der Waals surface area contributed by atoms with Gasteiger partial charge in [0.15, 0.2) is 0 Å². The second-order valence-electron chi connectivity index (χ2n) is 6.83. The van der Waals surface area contributed by atoms with Crippen molar-refractivity contribution in [1.29, 1.82) is 0 Å². The van der Waals surface area contributed by atoms with E-state index in [0.717, 1.165) is 27.7 Å². The topological polar surface area (TPSA) is 102 Å². The lowest BCUT2D eigenvalue weighted by atomic mass is 10.1. The maximum Gasteiger partial charge on any atom is 0.407 e. The standard InChI is InChI=1S/C19H22N4O4/c1-19(2,3)27-18(24)21-7-9-26-23-11-14-10-22-17-15(14)4-6-20-16(17)13-5-8-25-12-13/h4-6,8,10-12,22H,7,9H2,1-3H3,(H,21,24). The van der Waals surface area contributed by atoms with Gasteiger partial charge < -0.3 is 24.3 Å². The minimum Gasteiger partial charge on any atom is -0.472 e. The highest BCUT2D eigenvalue weighted by molar-refractivity contribution is 6.03. The molecule has 1 amide bonds. The lowest BCUT2D eigenvalue weighted by Crippen LogP contribution is -2.34. The van der Waals surface area contributed by atoms with Crippen molar-refractivity contribution in [1.82, 2.24) is 15.3 Å². The zero-order chi connectivity index (χ0) is 19.3. The number of carbonyl (C=O) groups is 1. The molecule has 142 valence electrons. The van der Waals surface area contributed by atoms with Crippen LogP contribution in [-0.4, -0.2) is 41.0 Å². The minimum atomic E-state index is -0.525. The van der Waals surface area contributed by atoms with Crippen molar-refractivity contribution >= 4 is 23.2 Å². The van der Waals surface area contributed by atoms with Gasteiger partial charge in [0.05, 0.1) is 36.5 Å². The molecule has 3 heterocycles. The summed E-state index contributed by atoms with van der Waals surface area (Å²) in [5, 5.41) is 7.53. The molecule has 0 unspecified atom stereocenters. The summed E-state index contributed by atoms with van der Waals surface area (Å²) in [5.41, 5.74) is 2.95. The van der Waals surface area contributed by atoms with Crippen molar-refractivity contribution in [2.45, 2.75) is 26.4 Å². The Morgan fingerprint density at radius 3 is 3.00 bits per heavy atom. The van der Waals surface area contributed by atoms with Crippen LogP contribution in [0.2, 0.25) is 0 Å². The van der Waals surface area contributed by atoms with Crippen LogP contribution in [0.5, 0.6) is 0 Å². The highest BCUT2D eigenvalue weighted by Crippen LogP contribution is 2.27.